The van der Waals surface area contributed by atoms with Crippen LogP contribution in [0.15, 0.2) is 48.5 Å². The zero-order chi connectivity index (χ0) is 16.8. The van der Waals surface area contributed by atoms with Crippen LogP contribution in [0, 0.1) is 15.9 Å². The fraction of sp³-hybridized carbons (Fsp3) is 0.188. The van der Waals surface area contributed by atoms with Crippen LogP contribution in [0.1, 0.15) is 24.1 Å². The number of alkyl carbamates (subject to hydrolysis) is 1. The normalized spacial score (nSPS) is 11.6. The van der Waals surface area contributed by atoms with Gasteiger partial charge in [-0.25, -0.2) is 4.79 Å². The Hall–Kier alpha value is -2.96. The Morgan fingerprint density at radius 1 is 1.30 bits per heavy atom. The van der Waals surface area contributed by atoms with Gasteiger partial charge in [-0.3, -0.25) is 10.1 Å². The van der Waals surface area contributed by atoms with E-state index in [1.807, 2.05) is 30.3 Å². The van der Waals surface area contributed by atoms with E-state index in [-0.39, 0.29) is 6.61 Å². The maximum Gasteiger partial charge on any atom is 0.407 e. The quantitative estimate of drug-likeness (QED) is 0.673. The van der Waals surface area contributed by atoms with E-state index in [9.17, 15) is 19.3 Å². The van der Waals surface area contributed by atoms with Crippen LogP contribution in [0.5, 0.6) is 0 Å². The number of benzene rings is 2. The number of ether oxygens (including phenoxy) is 1. The molecule has 0 unspecified atom stereocenters. The second-order valence-electron chi connectivity index (χ2n) is 4.90. The number of nitro benzene ring substituents is 1. The first-order valence-electron chi connectivity index (χ1n) is 6.88. The van der Waals surface area contributed by atoms with Gasteiger partial charge in [0.15, 0.2) is 0 Å². The molecule has 120 valence electrons. The number of halogens is 1. The van der Waals surface area contributed by atoms with E-state index in [0.29, 0.717) is 5.56 Å². The van der Waals surface area contributed by atoms with E-state index in [2.05, 4.69) is 5.32 Å². The predicted molar refractivity (Wildman–Crippen MR) is 81.2 cm³/mol. The van der Waals surface area contributed by atoms with E-state index >= 15 is 0 Å². The molecular weight excluding hydrogens is 303 g/mol. The van der Waals surface area contributed by atoms with Crippen molar-refractivity contribution >= 4 is 11.8 Å². The Morgan fingerprint density at radius 3 is 2.65 bits per heavy atom. The van der Waals surface area contributed by atoms with Crippen LogP contribution < -0.4 is 5.32 Å². The molecule has 1 N–H and O–H groups in total. The lowest BCUT2D eigenvalue weighted by atomic mass is 10.1. The molecular formula is C16H15FN2O4. The number of amides is 1. The Labute approximate surface area is 132 Å². The predicted octanol–water partition coefficient (Wildman–Crippen LogP) is 3.72. The lowest BCUT2D eigenvalue weighted by molar-refractivity contribution is -0.387. The standard InChI is InChI=1S/C16H15FN2O4/c1-11(13-7-8-14(17)15(9-13)19(21)22)18-16(20)23-10-12-5-3-2-4-6-12/h2-9,11H,10H2,1H3,(H,18,20)/t11-/m0/s1. The van der Waals surface area contributed by atoms with Crippen molar-refractivity contribution in [2.75, 3.05) is 0 Å². The largest absolute Gasteiger partial charge is 0.445 e. The van der Waals surface area contributed by atoms with Gasteiger partial charge < -0.3 is 10.1 Å². The van der Waals surface area contributed by atoms with Crippen LogP contribution in [0.25, 0.3) is 0 Å². The van der Waals surface area contributed by atoms with E-state index in [0.717, 1.165) is 17.7 Å². The molecule has 0 aliphatic heterocycles. The van der Waals surface area contributed by atoms with E-state index in [1.54, 1.807) is 6.92 Å². The van der Waals surface area contributed by atoms with Crippen molar-refractivity contribution < 1.29 is 18.8 Å². The van der Waals surface area contributed by atoms with Crippen molar-refractivity contribution in [3.63, 3.8) is 0 Å². The smallest absolute Gasteiger partial charge is 0.407 e. The Balaban J connectivity index is 1.96. The number of rotatable bonds is 5. The third-order valence-corrected chi connectivity index (χ3v) is 3.21. The lowest BCUT2D eigenvalue weighted by Crippen LogP contribution is -2.27. The average molecular weight is 318 g/mol. The molecule has 2 rings (SSSR count). The summed E-state index contributed by atoms with van der Waals surface area (Å²) in [5.41, 5.74) is 0.622. The summed E-state index contributed by atoms with van der Waals surface area (Å²) in [5.74, 6) is -0.919. The van der Waals surface area contributed by atoms with Crippen molar-refractivity contribution in [1.82, 2.24) is 5.32 Å². The van der Waals surface area contributed by atoms with Crippen molar-refractivity contribution in [3.05, 3.63) is 75.6 Å². The van der Waals surface area contributed by atoms with Crippen molar-refractivity contribution in [2.24, 2.45) is 0 Å². The maximum absolute atomic E-state index is 13.3. The Bertz CT molecular complexity index is 706. The number of hydrogen-bond donors (Lipinski definition) is 1. The van der Waals surface area contributed by atoms with Crippen molar-refractivity contribution in [1.29, 1.82) is 0 Å². The van der Waals surface area contributed by atoms with Crippen molar-refractivity contribution in [3.8, 4) is 0 Å². The summed E-state index contributed by atoms with van der Waals surface area (Å²) in [4.78, 5) is 21.7. The zero-order valence-electron chi connectivity index (χ0n) is 12.4. The number of carbonyl (C=O) groups excluding carboxylic acids is 1. The van der Waals surface area contributed by atoms with Gasteiger partial charge in [-0.05, 0) is 24.1 Å². The fourth-order valence-electron chi connectivity index (χ4n) is 1.96. The summed E-state index contributed by atoms with van der Waals surface area (Å²) in [6.45, 7) is 1.74. The van der Waals surface area contributed by atoms with Gasteiger partial charge in [0.1, 0.15) is 6.61 Å². The summed E-state index contributed by atoms with van der Waals surface area (Å²) < 4.78 is 18.4. The minimum Gasteiger partial charge on any atom is -0.445 e. The van der Waals surface area contributed by atoms with Crippen LogP contribution in [0.3, 0.4) is 0 Å². The molecule has 1 amide bonds. The molecule has 1 atom stereocenters. The van der Waals surface area contributed by atoms with Crippen LogP contribution in [0.2, 0.25) is 0 Å². The summed E-state index contributed by atoms with van der Waals surface area (Å²) in [5, 5.41) is 13.3. The number of carbonyl (C=O) groups is 1. The van der Waals surface area contributed by atoms with Gasteiger partial charge in [0, 0.05) is 6.07 Å². The minimum absolute atomic E-state index is 0.114. The molecule has 0 saturated carbocycles. The van der Waals surface area contributed by atoms with E-state index in [4.69, 9.17) is 4.74 Å². The Morgan fingerprint density at radius 2 is 2.00 bits per heavy atom. The first kappa shape index (κ1) is 16.4. The molecule has 0 aliphatic carbocycles. The molecule has 0 spiro atoms. The fourth-order valence-corrected chi connectivity index (χ4v) is 1.96. The third kappa shape index (κ3) is 4.50. The molecule has 0 aromatic heterocycles. The minimum atomic E-state index is -0.919. The highest BCUT2D eigenvalue weighted by atomic mass is 19.1. The third-order valence-electron chi connectivity index (χ3n) is 3.21. The molecule has 0 radical (unpaired) electrons. The van der Waals surface area contributed by atoms with Crippen molar-refractivity contribution in [2.45, 2.75) is 19.6 Å². The van der Waals surface area contributed by atoms with Gasteiger partial charge in [-0.15, -0.1) is 0 Å². The van der Waals surface area contributed by atoms with Crippen LogP contribution in [-0.2, 0) is 11.3 Å². The van der Waals surface area contributed by atoms with E-state index < -0.39 is 28.6 Å². The lowest BCUT2D eigenvalue weighted by Gasteiger charge is -2.14. The maximum atomic E-state index is 13.3. The van der Waals surface area contributed by atoms with E-state index in [1.165, 1.54) is 6.07 Å². The molecule has 2 aromatic carbocycles. The first-order chi connectivity index (χ1) is 11.0. The molecule has 2 aromatic rings. The van der Waals surface area contributed by atoms with Gasteiger partial charge in [-0.2, -0.15) is 4.39 Å². The average Bonchev–Trinajstić information content (AvgIpc) is 2.54. The first-order valence-corrected chi connectivity index (χ1v) is 6.88. The number of nitrogens with zero attached hydrogens (tertiary/aromatic N) is 1. The Kier molecular flexibility index (Phi) is 5.24. The topological polar surface area (TPSA) is 81.5 Å². The summed E-state index contributed by atoms with van der Waals surface area (Å²) in [6.07, 6.45) is -0.659. The monoisotopic (exact) mass is 318 g/mol. The number of nitro groups is 1. The van der Waals surface area contributed by atoms with Gasteiger partial charge in [0.25, 0.3) is 0 Å². The molecule has 0 fully saturated rings. The zero-order valence-corrected chi connectivity index (χ0v) is 12.4. The highest BCUT2D eigenvalue weighted by molar-refractivity contribution is 5.68. The molecule has 7 heteroatoms. The van der Waals surface area contributed by atoms with Gasteiger partial charge in [0.05, 0.1) is 11.0 Å². The molecule has 0 bridgehead atoms. The summed E-state index contributed by atoms with van der Waals surface area (Å²) in [7, 11) is 0. The van der Waals surface area contributed by atoms with Gasteiger partial charge in [-0.1, -0.05) is 36.4 Å². The molecule has 6 nitrogen and oxygen atoms in total. The number of nitrogens with one attached hydrogen (secondary N) is 1. The number of hydrogen-bond acceptors (Lipinski definition) is 4. The van der Waals surface area contributed by atoms with Crippen LogP contribution in [-0.4, -0.2) is 11.0 Å². The van der Waals surface area contributed by atoms with Crippen LogP contribution in [0.4, 0.5) is 14.9 Å². The molecule has 0 aliphatic rings. The highest BCUT2D eigenvalue weighted by Gasteiger charge is 2.18. The van der Waals surface area contributed by atoms with Gasteiger partial charge >= 0.3 is 11.8 Å². The SMILES string of the molecule is C[C@H](NC(=O)OCc1ccccc1)c1ccc(F)c([N+](=O)[O-])c1. The molecule has 0 heterocycles. The van der Waals surface area contributed by atoms with Gasteiger partial charge in [0.2, 0.25) is 5.82 Å². The summed E-state index contributed by atoms with van der Waals surface area (Å²) in [6, 6.07) is 12.1. The summed E-state index contributed by atoms with van der Waals surface area (Å²) >= 11 is 0. The highest BCUT2D eigenvalue weighted by Crippen LogP contribution is 2.22. The second-order valence-corrected chi connectivity index (χ2v) is 4.90. The second kappa shape index (κ2) is 7.35. The molecule has 23 heavy (non-hydrogen) atoms. The van der Waals surface area contributed by atoms with Crippen LogP contribution >= 0.6 is 0 Å². The molecule has 0 saturated heterocycles.